The SMILES string of the molecule is [C-]#[N+]C(=Cc1ccc(NC(=O)OCC(CC)CCCC)cc1)C(=O)OCC. The van der Waals surface area contributed by atoms with Gasteiger partial charge in [0.25, 0.3) is 5.70 Å². The fourth-order valence-electron chi connectivity index (χ4n) is 2.41. The first-order chi connectivity index (χ1) is 13.0. The third kappa shape index (κ3) is 8.41. The quantitative estimate of drug-likeness (QED) is 0.345. The molecule has 0 aromatic heterocycles. The van der Waals surface area contributed by atoms with E-state index in [1.807, 2.05) is 0 Å². The number of ether oxygens (including phenoxy) is 2. The highest BCUT2D eigenvalue weighted by molar-refractivity contribution is 5.95. The molecule has 1 rings (SSSR count). The summed E-state index contributed by atoms with van der Waals surface area (Å²) in [5.41, 5.74) is 1.16. The zero-order valence-corrected chi connectivity index (χ0v) is 16.3. The Morgan fingerprint density at radius 3 is 2.44 bits per heavy atom. The fourth-order valence-corrected chi connectivity index (χ4v) is 2.41. The van der Waals surface area contributed by atoms with Crippen LogP contribution in [0, 0.1) is 12.5 Å². The van der Waals surface area contributed by atoms with Gasteiger partial charge in [-0.25, -0.2) is 9.64 Å². The van der Waals surface area contributed by atoms with E-state index >= 15 is 0 Å². The van der Waals surface area contributed by atoms with Crippen LogP contribution in [0.1, 0.15) is 52.0 Å². The zero-order valence-electron chi connectivity index (χ0n) is 16.3. The highest BCUT2D eigenvalue weighted by atomic mass is 16.5. The molecule has 6 nitrogen and oxygen atoms in total. The summed E-state index contributed by atoms with van der Waals surface area (Å²) < 4.78 is 10.1. The fraction of sp³-hybridized carbons (Fsp3) is 0.476. The van der Waals surface area contributed by atoms with E-state index in [9.17, 15) is 9.59 Å². The van der Waals surface area contributed by atoms with E-state index in [2.05, 4.69) is 24.0 Å². The third-order valence-electron chi connectivity index (χ3n) is 4.06. The largest absolute Gasteiger partial charge is 0.471 e. The predicted octanol–water partition coefficient (Wildman–Crippen LogP) is 5.27. The molecule has 146 valence electrons. The summed E-state index contributed by atoms with van der Waals surface area (Å²) >= 11 is 0. The number of unbranched alkanes of at least 4 members (excludes halogenated alkanes) is 1. The van der Waals surface area contributed by atoms with Crippen molar-refractivity contribution in [3.63, 3.8) is 0 Å². The molecule has 0 bridgehead atoms. The molecule has 0 saturated heterocycles. The Bertz CT molecular complexity index is 674. The highest BCUT2D eigenvalue weighted by Crippen LogP contribution is 2.16. The minimum atomic E-state index is -0.646. The second-order valence-corrected chi connectivity index (χ2v) is 6.12. The molecule has 6 heteroatoms. The van der Waals surface area contributed by atoms with Crippen LogP contribution in [0.15, 0.2) is 30.0 Å². The number of rotatable bonds is 10. The number of esters is 1. The van der Waals surface area contributed by atoms with Crippen molar-refractivity contribution in [3.8, 4) is 0 Å². The van der Waals surface area contributed by atoms with E-state index < -0.39 is 12.1 Å². The van der Waals surface area contributed by atoms with Crippen LogP contribution in [0.3, 0.4) is 0 Å². The minimum absolute atomic E-state index is 0.0883. The van der Waals surface area contributed by atoms with Crippen LogP contribution in [0.5, 0.6) is 0 Å². The molecule has 0 heterocycles. The molecular weight excluding hydrogens is 344 g/mol. The van der Waals surface area contributed by atoms with Crippen LogP contribution in [-0.4, -0.2) is 25.3 Å². The lowest BCUT2D eigenvalue weighted by Gasteiger charge is -2.15. The van der Waals surface area contributed by atoms with Gasteiger partial charge in [0.15, 0.2) is 0 Å². The van der Waals surface area contributed by atoms with E-state index in [1.165, 1.54) is 6.08 Å². The lowest BCUT2D eigenvalue weighted by atomic mass is 10.0. The van der Waals surface area contributed by atoms with Gasteiger partial charge in [-0.2, -0.15) is 0 Å². The lowest BCUT2D eigenvalue weighted by molar-refractivity contribution is -0.138. The van der Waals surface area contributed by atoms with Gasteiger partial charge in [0.2, 0.25) is 0 Å². The highest BCUT2D eigenvalue weighted by Gasteiger charge is 2.11. The van der Waals surface area contributed by atoms with Gasteiger partial charge in [0.1, 0.15) is 0 Å². The Morgan fingerprint density at radius 2 is 1.89 bits per heavy atom. The summed E-state index contributed by atoms with van der Waals surface area (Å²) in [6.45, 7) is 13.6. The van der Waals surface area contributed by atoms with Crippen LogP contribution in [0.2, 0.25) is 0 Å². The monoisotopic (exact) mass is 372 g/mol. The molecule has 0 saturated carbocycles. The molecule has 1 N–H and O–H groups in total. The summed E-state index contributed by atoms with van der Waals surface area (Å²) in [6, 6.07) is 6.79. The predicted molar refractivity (Wildman–Crippen MR) is 106 cm³/mol. The Morgan fingerprint density at radius 1 is 1.19 bits per heavy atom. The van der Waals surface area contributed by atoms with Crippen LogP contribution in [0.25, 0.3) is 10.9 Å². The molecular formula is C21H28N2O4. The van der Waals surface area contributed by atoms with E-state index in [0.29, 0.717) is 23.8 Å². The van der Waals surface area contributed by atoms with E-state index in [1.54, 1.807) is 31.2 Å². The molecule has 1 aromatic rings. The van der Waals surface area contributed by atoms with Crippen molar-refractivity contribution in [2.45, 2.75) is 46.5 Å². The minimum Gasteiger partial charge on any atom is -0.471 e. The number of nitrogens with zero attached hydrogens (tertiary/aromatic N) is 1. The maximum atomic E-state index is 11.9. The number of carbonyl (C=O) groups is 2. The summed E-state index contributed by atoms with van der Waals surface area (Å²) in [5.74, 6) is -0.259. The molecule has 1 atom stereocenters. The second-order valence-electron chi connectivity index (χ2n) is 6.12. The molecule has 0 aliphatic rings. The molecule has 0 radical (unpaired) electrons. The number of hydrogen-bond donors (Lipinski definition) is 1. The van der Waals surface area contributed by atoms with Crippen molar-refractivity contribution in [1.82, 2.24) is 0 Å². The Balaban J connectivity index is 2.60. The molecule has 0 fully saturated rings. The Kier molecular flexibility index (Phi) is 10.3. The van der Waals surface area contributed by atoms with Crippen LogP contribution in [-0.2, 0) is 14.3 Å². The standard InChI is InChI=1S/C21H28N2O4/c1-5-8-9-16(6-2)15-27-21(25)23-18-12-10-17(11-13-18)14-19(22-4)20(24)26-7-3/h10-14,16H,5-9,15H2,1-3H3,(H,23,25). The molecule has 0 aliphatic carbocycles. The summed E-state index contributed by atoms with van der Waals surface area (Å²) in [6.07, 6.45) is 5.28. The van der Waals surface area contributed by atoms with Gasteiger partial charge in [-0.15, -0.1) is 0 Å². The molecule has 0 spiro atoms. The first kappa shape index (κ1) is 22.2. The van der Waals surface area contributed by atoms with Gasteiger partial charge in [-0.3, -0.25) is 10.1 Å². The topological polar surface area (TPSA) is 69.0 Å². The number of nitrogens with one attached hydrogen (secondary N) is 1. The van der Waals surface area contributed by atoms with Gasteiger partial charge >= 0.3 is 12.1 Å². The first-order valence-electron chi connectivity index (χ1n) is 9.34. The van der Waals surface area contributed by atoms with E-state index in [4.69, 9.17) is 16.0 Å². The van der Waals surface area contributed by atoms with Crippen molar-refractivity contribution >= 4 is 23.8 Å². The maximum Gasteiger partial charge on any atom is 0.411 e. The van der Waals surface area contributed by atoms with E-state index in [-0.39, 0.29) is 12.3 Å². The van der Waals surface area contributed by atoms with Crippen molar-refractivity contribution in [3.05, 3.63) is 46.9 Å². The zero-order chi connectivity index (χ0) is 20.1. The summed E-state index contributed by atoms with van der Waals surface area (Å²) in [5, 5.41) is 2.68. The molecule has 0 aliphatic heterocycles. The van der Waals surface area contributed by atoms with Crippen LogP contribution >= 0.6 is 0 Å². The van der Waals surface area contributed by atoms with Crippen molar-refractivity contribution in [2.75, 3.05) is 18.5 Å². The van der Waals surface area contributed by atoms with Crippen molar-refractivity contribution in [2.24, 2.45) is 5.92 Å². The van der Waals surface area contributed by atoms with E-state index in [0.717, 1.165) is 25.7 Å². The van der Waals surface area contributed by atoms with Crippen molar-refractivity contribution in [1.29, 1.82) is 0 Å². The number of benzene rings is 1. The van der Waals surface area contributed by atoms with Gasteiger partial charge in [-0.05, 0) is 43.0 Å². The smallest absolute Gasteiger partial charge is 0.411 e. The Hall–Kier alpha value is -2.81. The number of carbonyl (C=O) groups excluding carboxylic acids is 2. The molecule has 1 unspecified atom stereocenters. The number of amides is 1. The normalized spacial score (nSPS) is 12.0. The van der Waals surface area contributed by atoms with Gasteiger partial charge in [0.05, 0.1) is 19.8 Å². The van der Waals surface area contributed by atoms with Gasteiger partial charge in [-0.1, -0.05) is 45.2 Å². The summed E-state index contributed by atoms with van der Waals surface area (Å²) in [7, 11) is 0. The molecule has 1 aromatic carbocycles. The average Bonchev–Trinajstić information content (AvgIpc) is 2.67. The number of anilines is 1. The second kappa shape index (κ2) is 12.5. The summed E-state index contributed by atoms with van der Waals surface area (Å²) in [4.78, 5) is 26.8. The van der Waals surface area contributed by atoms with Gasteiger partial charge in [0, 0.05) is 5.69 Å². The van der Waals surface area contributed by atoms with Crippen LogP contribution in [0.4, 0.5) is 10.5 Å². The van der Waals surface area contributed by atoms with Gasteiger partial charge < -0.3 is 9.47 Å². The lowest BCUT2D eigenvalue weighted by Crippen LogP contribution is -2.18. The average molecular weight is 372 g/mol. The molecule has 1 amide bonds. The van der Waals surface area contributed by atoms with Crippen LogP contribution < -0.4 is 5.32 Å². The molecule has 27 heavy (non-hydrogen) atoms. The van der Waals surface area contributed by atoms with Crippen molar-refractivity contribution < 1.29 is 19.1 Å². The maximum absolute atomic E-state index is 11.9. The third-order valence-corrected chi connectivity index (χ3v) is 4.06. The Labute approximate surface area is 161 Å². The number of hydrogen-bond acceptors (Lipinski definition) is 4. The first-order valence-corrected chi connectivity index (χ1v) is 9.34.